The fourth-order valence-electron chi connectivity index (χ4n) is 3.57. The van der Waals surface area contributed by atoms with Crippen molar-refractivity contribution in [2.75, 3.05) is 4.90 Å². The van der Waals surface area contributed by atoms with Crippen LogP contribution in [0.2, 0.25) is 0 Å². The molecular weight excluding hydrogens is 426 g/mol. The van der Waals surface area contributed by atoms with Crippen LogP contribution in [0.25, 0.3) is 0 Å². The number of aromatic hydroxyl groups is 1. The third kappa shape index (κ3) is 3.46. The van der Waals surface area contributed by atoms with Crippen molar-refractivity contribution in [2.45, 2.75) is 19.9 Å². The highest BCUT2D eigenvalue weighted by atomic mass is 32.1. The number of halogens is 2. The van der Waals surface area contributed by atoms with Gasteiger partial charge in [0.2, 0.25) is 5.78 Å². The van der Waals surface area contributed by atoms with Gasteiger partial charge in [0.1, 0.15) is 5.75 Å². The van der Waals surface area contributed by atoms with Crippen molar-refractivity contribution < 1.29 is 28.6 Å². The van der Waals surface area contributed by atoms with Crippen molar-refractivity contribution in [3.63, 3.8) is 0 Å². The van der Waals surface area contributed by atoms with Crippen LogP contribution in [0.5, 0.6) is 5.75 Å². The van der Waals surface area contributed by atoms with E-state index in [0.29, 0.717) is 16.3 Å². The molecule has 1 aromatic heterocycles. The summed E-state index contributed by atoms with van der Waals surface area (Å²) in [7, 11) is 0. The van der Waals surface area contributed by atoms with Gasteiger partial charge in [-0.15, -0.1) is 11.3 Å². The average molecular weight is 442 g/mol. The number of Topliss-reactive ketones (excluding diaryl/α,β-unsaturated/α-hetero) is 1. The second kappa shape index (κ2) is 7.59. The second-order valence-corrected chi connectivity index (χ2v) is 8.21. The topological polar surface area (TPSA) is 90.7 Å². The SMILES string of the molecule is Cc1nc(C)c(C(=O)C2=C(O)C(=O)N(c3ccc(F)c(F)c3)C2c2ccc(O)cc2)s1. The zero-order chi connectivity index (χ0) is 22.4. The Bertz CT molecular complexity index is 1250. The number of aliphatic hydroxyl groups is 1. The first-order chi connectivity index (χ1) is 14.7. The third-order valence-electron chi connectivity index (χ3n) is 4.95. The monoisotopic (exact) mass is 442 g/mol. The number of hydrogen-bond acceptors (Lipinski definition) is 6. The van der Waals surface area contributed by atoms with E-state index in [1.54, 1.807) is 13.8 Å². The number of rotatable bonds is 4. The standard InChI is InChI=1S/C22H16F2N2O4S/c1-10-21(31-11(2)25-10)19(28)17-18(12-3-6-14(27)7-4-12)26(22(30)20(17)29)13-5-8-15(23)16(24)9-13/h3-9,18,27,29H,1-2H3. The molecule has 1 atom stereocenters. The van der Waals surface area contributed by atoms with E-state index in [9.17, 15) is 28.6 Å². The van der Waals surface area contributed by atoms with E-state index < -0.39 is 35.1 Å². The molecule has 0 saturated carbocycles. The molecule has 0 bridgehead atoms. The summed E-state index contributed by atoms with van der Waals surface area (Å²) in [5.74, 6) is -4.60. The molecule has 1 aliphatic rings. The molecule has 6 nitrogen and oxygen atoms in total. The number of aromatic nitrogens is 1. The second-order valence-electron chi connectivity index (χ2n) is 7.01. The molecule has 0 radical (unpaired) electrons. The van der Waals surface area contributed by atoms with Gasteiger partial charge in [-0.1, -0.05) is 12.1 Å². The Morgan fingerprint density at radius 1 is 1.06 bits per heavy atom. The van der Waals surface area contributed by atoms with Crippen molar-refractivity contribution >= 4 is 28.7 Å². The molecule has 0 saturated heterocycles. The van der Waals surface area contributed by atoms with Gasteiger partial charge in [0.25, 0.3) is 5.91 Å². The number of hydrogen-bond donors (Lipinski definition) is 2. The Hall–Kier alpha value is -3.59. The van der Waals surface area contributed by atoms with E-state index in [0.717, 1.165) is 28.4 Å². The zero-order valence-electron chi connectivity index (χ0n) is 16.4. The smallest absolute Gasteiger partial charge is 0.294 e. The lowest BCUT2D eigenvalue weighted by molar-refractivity contribution is -0.117. The number of phenolic OH excluding ortho intramolecular Hbond substituents is 1. The van der Waals surface area contributed by atoms with Crippen LogP contribution in [0.3, 0.4) is 0 Å². The summed E-state index contributed by atoms with van der Waals surface area (Å²) in [5.41, 5.74) is 0.610. The fourth-order valence-corrected chi connectivity index (χ4v) is 4.45. The van der Waals surface area contributed by atoms with Gasteiger partial charge in [-0.2, -0.15) is 0 Å². The number of ketones is 1. The zero-order valence-corrected chi connectivity index (χ0v) is 17.2. The summed E-state index contributed by atoms with van der Waals surface area (Å²) >= 11 is 1.13. The largest absolute Gasteiger partial charge is 0.508 e. The van der Waals surface area contributed by atoms with Crippen LogP contribution in [0.4, 0.5) is 14.5 Å². The molecule has 1 aliphatic heterocycles. The predicted molar refractivity (Wildman–Crippen MR) is 110 cm³/mol. The van der Waals surface area contributed by atoms with Crippen molar-refractivity contribution in [2.24, 2.45) is 0 Å². The number of aliphatic hydroxyl groups excluding tert-OH is 1. The van der Waals surface area contributed by atoms with Gasteiger partial charge in [0, 0.05) is 11.8 Å². The van der Waals surface area contributed by atoms with Gasteiger partial charge in [0.05, 0.1) is 27.2 Å². The van der Waals surface area contributed by atoms with E-state index in [1.807, 2.05) is 0 Å². The van der Waals surface area contributed by atoms with E-state index in [4.69, 9.17) is 0 Å². The first kappa shape index (κ1) is 20.7. The van der Waals surface area contributed by atoms with E-state index in [-0.39, 0.29) is 21.9 Å². The Labute approximate surface area is 179 Å². The van der Waals surface area contributed by atoms with Gasteiger partial charge in [0.15, 0.2) is 17.4 Å². The van der Waals surface area contributed by atoms with Crippen LogP contribution in [0.1, 0.15) is 32.0 Å². The molecule has 0 fully saturated rings. The van der Waals surface area contributed by atoms with Crippen LogP contribution in [0, 0.1) is 25.5 Å². The Morgan fingerprint density at radius 2 is 1.74 bits per heavy atom. The quantitative estimate of drug-likeness (QED) is 0.580. The molecule has 158 valence electrons. The number of carbonyl (C=O) groups is 2. The minimum Gasteiger partial charge on any atom is -0.508 e. The number of benzene rings is 2. The van der Waals surface area contributed by atoms with Crippen molar-refractivity contribution in [1.29, 1.82) is 0 Å². The Morgan fingerprint density at radius 3 is 2.32 bits per heavy atom. The van der Waals surface area contributed by atoms with Gasteiger partial charge in [-0.3, -0.25) is 14.5 Å². The van der Waals surface area contributed by atoms with Gasteiger partial charge in [-0.05, 0) is 43.7 Å². The first-order valence-electron chi connectivity index (χ1n) is 9.18. The highest BCUT2D eigenvalue weighted by molar-refractivity contribution is 7.14. The highest BCUT2D eigenvalue weighted by Crippen LogP contribution is 2.43. The fraction of sp³-hybridized carbons (Fsp3) is 0.136. The summed E-state index contributed by atoms with van der Waals surface area (Å²) in [6.45, 7) is 3.38. The summed E-state index contributed by atoms with van der Waals surface area (Å²) in [4.78, 5) is 31.9. The molecule has 2 heterocycles. The number of nitrogens with zero attached hydrogens (tertiary/aromatic N) is 2. The van der Waals surface area contributed by atoms with Crippen molar-refractivity contribution in [3.05, 3.63) is 86.6 Å². The number of amides is 1. The van der Waals surface area contributed by atoms with Crippen LogP contribution >= 0.6 is 11.3 Å². The Kier molecular flexibility index (Phi) is 5.06. The van der Waals surface area contributed by atoms with E-state index in [1.165, 1.54) is 30.3 Å². The molecule has 1 amide bonds. The average Bonchev–Trinajstić information content (AvgIpc) is 3.20. The maximum Gasteiger partial charge on any atom is 0.294 e. The van der Waals surface area contributed by atoms with Crippen molar-refractivity contribution in [1.82, 2.24) is 4.98 Å². The highest BCUT2D eigenvalue weighted by Gasteiger charge is 2.45. The van der Waals surface area contributed by atoms with E-state index in [2.05, 4.69) is 4.98 Å². The third-order valence-corrected chi connectivity index (χ3v) is 6.02. The van der Waals surface area contributed by atoms with Crippen LogP contribution in [-0.2, 0) is 4.79 Å². The molecule has 0 spiro atoms. The summed E-state index contributed by atoms with van der Waals surface area (Å²) in [6.07, 6.45) is 0. The number of phenols is 1. The van der Waals surface area contributed by atoms with Gasteiger partial charge >= 0.3 is 0 Å². The normalized spacial score (nSPS) is 16.3. The minimum absolute atomic E-state index is 0.0338. The molecule has 31 heavy (non-hydrogen) atoms. The molecule has 2 aromatic carbocycles. The summed E-state index contributed by atoms with van der Waals surface area (Å²) in [5, 5.41) is 20.9. The first-order valence-corrected chi connectivity index (χ1v) is 10.00. The Balaban J connectivity index is 1.90. The molecular formula is C22H16F2N2O4S. The lowest BCUT2D eigenvalue weighted by Crippen LogP contribution is -2.31. The maximum absolute atomic E-state index is 13.9. The van der Waals surface area contributed by atoms with Gasteiger partial charge in [-0.25, -0.2) is 13.8 Å². The number of thiazole rings is 1. The summed E-state index contributed by atoms with van der Waals surface area (Å²) in [6, 6.07) is 7.45. The molecule has 2 N–H and O–H groups in total. The molecule has 0 aliphatic carbocycles. The lowest BCUT2D eigenvalue weighted by Gasteiger charge is -2.27. The van der Waals surface area contributed by atoms with Crippen LogP contribution < -0.4 is 4.90 Å². The van der Waals surface area contributed by atoms with Gasteiger partial charge < -0.3 is 10.2 Å². The maximum atomic E-state index is 13.9. The number of carbonyl (C=O) groups excluding carboxylic acids is 2. The number of aryl methyl sites for hydroxylation is 2. The predicted octanol–water partition coefficient (Wildman–Crippen LogP) is 4.53. The molecule has 9 heteroatoms. The molecule has 1 unspecified atom stereocenters. The summed E-state index contributed by atoms with van der Waals surface area (Å²) < 4.78 is 27.4. The molecule has 4 rings (SSSR count). The van der Waals surface area contributed by atoms with Crippen LogP contribution in [-0.4, -0.2) is 26.9 Å². The molecule has 3 aromatic rings. The van der Waals surface area contributed by atoms with Crippen molar-refractivity contribution in [3.8, 4) is 5.75 Å². The number of anilines is 1. The van der Waals surface area contributed by atoms with Crippen LogP contribution in [0.15, 0.2) is 53.8 Å². The minimum atomic E-state index is -1.18. The lowest BCUT2D eigenvalue weighted by atomic mass is 9.94. The van der Waals surface area contributed by atoms with E-state index >= 15 is 0 Å².